The first kappa shape index (κ1) is 20.5. The topological polar surface area (TPSA) is 69.9 Å². The predicted molar refractivity (Wildman–Crippen MR) is 108 cm³/mol. The molecule has 0 saturated carbocycles. The second-order valence-corrected chi connectivity index (χ2v) is 8.28. The predicted octanol–water partition coefficient (Wildman–Crippen LogP) is 3.01. The fourth-order valence-electron chi connectivity index (χ4n) is 4.70. The molecule has 2 aliphatic rings. The summed E-state index contributed by atoms with van der Waals surface area (Å²) in [5.41, 5.74) is 6.11. The van der Waals surface area contributed by atoms with E-state index in [4.69, 9.17) is 4.74 Å². The monoisotopic (exact) mass is 400 g/mol. The number of halogens is 1. The van der Waals surface area contributed by atoms with Crippen LogP contribution >= 0.6 is 0 Å². The number of fused-ring (bicyclic) bond motifs is 1. The molecule has 1 heterocycles. The van der Waals surface area contributed by atoms with Gasteiger partial charge >= 0.3 is 0 Å². The van der Waals surface area contributed by atoms with Crippen LogP contribution in [0.1, 0.15) is 59.3 Å². The molecule has 4 unspecified atom stereocenters. The average molecular weight is 400 g/mol. The Hall–Kier alpha value is -1.79. The van der Waals surface area contributed by atoms with E-state index in [-0.39, 0.29) is 18.8 Å². The number of hydrogen-bond acceptors (Lipinski definition) is 4. The third kappa shape index (κ3) is 4.10. The average Bonchev–Trinajstić information content (AvgIpc) is 3.19. The molecule has 4 nitrogen and oxygen atoms in total. The number of rotatable bonds is 5. The molecule has 0 bridgehead atoms. The maximum absolute atomic E-state index is 14.3. The van der Waals surface area contributed by atoms with Gasteiger partial charge in [0, 0.05) is 6.42 Å². The molecule has 4 atom stereocenters. The molecular formula is C24H29FO4. The summed E-state index contributed by atoms with van der Waals surface area (Å²) in [4.78, 5) is 0. The van der Waals surface area contributed by atoms with Gasteiger partial charge in [-0.2, -0.15) is 0 Å². The van der Waals surface area contributed by atoms with Gasteiger partial charge in [-0.3, -0.25) is 0 Å². The van der Waals surface area contributed by atoms with Gasteiger partial charge in [-0.15, -0.1) is 0 Å². The van der Waals surface area contributed by atoms with E-state index in [1.807, 2.05) is 25.1 Å². The van der Waals surface area contributed by atoms with Crippen molar-refractivity contribution in [2.24, 2.45) is 0 Å². The Morgan fingerprint density at radius 1 is 1.10 bits per heavy atom. The lowest BCUT2D eigenvalue weighted by atomic mass is 9.88. The summed E-state index contributed by atoms with van der Waals surface area (Å²) < 4.78 is 20.2. The molecule has 2 aromatic carbocycles. The first-order valence-electron chi connectivity index (χ1n) is 10.5. The van der Waals surface area contributed by atoms with Gasteiger partial charge < -0.3 is 20.1 Å². The molecular weight excluding hydrogens is 371 g/mol. The van der Waals surface area contributed by atoms with Gasteiger partial charge in [0.25, 0.3) is 0 Å². The van der Waals surface area contributed by atoms with Gasteiger partial charge in [0.2, 0.25) is 0 Å². The summed E-state index contributed by atoms with van der Waals surface area (Å²) in [6.45, 7) is 1.75. The van der Waals surface area contributed by atoms with E-state index >= 15 is 0 Å². The lowest BCUT2D eigenvalue weighted by Crippen LogP contribution is -2.44. The van der Waals surface area contributed by atoms with Crippen LogP contribution in [-0.4, -0.2) is 40.2 Å². The molecule has 4 rings (SSSR count). The van der Waals surface area contributed by atoms with Crippen LogP contribution in [0.4, 0.5) is 4.39 Å². The Morgan fingerprint density at radius 3 is 2.66 bits per heavy atom. The van der Waals surface area contributed by atoms with Gasteiger partial charge in [0.1, 0.15) is 18.0 Å². The standard InChI is InChI=1S/C24H29FO4/c1-2-15-7-6-14(9-21(15)25)8-17-11-18(10-16-4-3-5-20(16)17)24-23(28)22(27)12-19(13-26)29-24/h6-7,9-11,19,22-24,26-28H,2-5,8,12-13H2,1H3. The van der Waals surface area contributed by atoms with Crippen molar-refractivity contribution < 1.29 is 24.4 Å². The van der Waals surface area contributed by atoms with Crippen molar-refractivity contribution in [3.63, 3.8) is 0 Å². The van der Waals surface area contributed by atoms with E-state index in [1.165, 1.54) is 11.1 Å². The van der Waals surface area contributed by atoms with E-state index in [2.05, 4.69) is 6.07 Å². The highest BCUT2D eigenvalue weighted by Crippen LogP contribution is 2.36. The number of aliphatic hydroxyl groups is 3. The van der Waals surface area contributed by atoms with Gasteiger partial charge in [0.15, 0.2) is 0 Å². The van der Waals surface area contributed by atoms with Gasteiger partial charge in [0.05, 0.1) is 18.8 Å². The normalized spacial score (nSPS) is 26.5. The van der Waals surface area contributed by atoms with E-state index in [0.29, 0.717) is 12.8 Å². The van der Waals surface area contributed by atoms with Crippen LogP contribution < -0.4 is 0 Å². The van der Waals surface area contributed by atoms with Crippen molar-refractivity contribution in [2.45, 2.75) is 69.9 Å². The quantitative estimate of drug-likeness (QED) is 0.722. The molecule has 29 heavy (non-hydrogen) atoms. The minimum absolute atomic E-state index is 0.169. The second-order valence-electron chi connectivity index (χ2n) is 8.28. The molecule has 0 amide bonds. The molecule has 1 aliphatic heterocycles. The van der Waals surface area contributed by atoms with Crippen LogP contribution in [0.15, 0.2) is 30.3 Å². The van der Waals surface area contributed by atoms with Crippen LogP contribution in [0.3, 0.4) is 0 Å². The van der Waals surface area contributed by atoms with Crippen molar-refractivity contribution >= 4 is 0 Å². The summed E-state index contributed by atoms with van der Waals surface area (Å²) in [5.74, 6) is -0.169. The minimum Gasteiger partial charge on any atom is -0.394 e. The highest BCUT2D eigenvalue weighted by atomic mass is 19.1. The fraction of sp³-hybridized carbons (Fsp3) is 0.500. The molecule has 3 N–H and O–H groups in total. The molecule has 0 aromatic heterocycles. The smallest absolute Gasteiger partial charge is 0.126 e. The van der Waals surface area contributed by atoms with Crippen LogP contribution in [0, 0.1) is 5.82 Å². The molecule has 0 radical (unpaired) electrons. The minimum atomic E-state index is -1.04. The highest BCUT2D eigenvalue weighted by molar-refractivity contribution is 5.45. The third-order valence-electron chi connectivity index (χ3n) is 6.30. The fourth-order valence-corrected chi connectivity index (χ4v) is 4.70. The summed E-state index contributed by atoms with van der Waals surface area (Å²) in [6, 6.07) is 9.53. The maximum Gasteiger partial charge on any atom is 0.126 e. The van der Waals surface area contributed by atoms with Gasteiger partial charge in [-0.1, -0.05) is 31.2 Å². The molecule has 0 spiro atoms. The summed E-state index contributed by atoms with van der Waals surface area (Å²) in [5, 5.41) is 30.2. The molecule has 1 aliphatic carbocycles. The summed E-state index contributed by atoms with van der Waals surface area (Å²) in [6.07, 6.45) is 1.40. The molecule has 156 valence electrons. The van der Waals surface area contributed by atoms with Crippen molar-refractivity contribution in [3.8, 4) is 0 Å². The molecule has 1 saturated heterocycles. The van der Waals surface area contributed by atoms with Gasteiger partial charge in [-0.25, -0.2) is 4.39 Å². The maximum atomic E-state index is 14.3. The van der Waals surface area contributed by atoms with Gasteiger partial charge in [-0.05, 0) is 71.6 Å². The van der Waals surface area contributed by atoms with Crippen LogP contribution in [0.5, 0.6) is 0 Å². The number of hydrogen-bond donors (Lipinski definition) is 3. The second kappa shape index (κ2) is 8.52. The first-order valence-corrected chi connectivity index (χ1v) is 10.5. The largest absolute Gasteiger partial charge is 0.394 e. The summed E-state index contributed by atoms with van der Waals surface area (Å²) >= 11 is 0. The van der Waals surface area contributed by atoms with E-state index < -0.39 is 24.4 Å². The Balaban J connectivity index is 1.68. The number of aryl methyl sites for hydroxylation is 2. The number of benzene rings is 2. The number of ether oxygens (including phenoxy) is 1. The Kier molecular flexibility index (Phi) is 6.02. The van der Waals surface area contributed by atoms with E-state index in [9.17, 15) is 19.7 Å². The Morgan fingerprint density at radius 2 is 1.93 bits per heavy atom. The van der Waals surface area contributed by atoms with Crippen LogP contribution in [0.2, 0.25) is 0 Å². The molecule has 1 fully saturated rings. The zero-order valence-electron chi connectivity index (χ0n) is 16.8. The third-order valence-corrected chi connectivity index (χ3v) is 6.30. The van der Waals surface area contributed by atoms with Crippen molar-refractivity contribution in [1.82, 2.24) is 0 Å². The zero-order chi connectivity index (χ0) is 20.5. The summed E-state index contributed by atoms with van der Waals surface area (Å²) in [7, 11) is 0. The Bertz CT molecular complexity index is 881. The van der Waals surface area contributed by atoms with Crippen LogP contribution in [0.25, 0.3) is 0 Å². The van der Waals surface area contributed by atoms with Crippen LogP contribution in [-0.2, 0) is 30.4 Å². The van der Waals surface area contributed by atoms with E-state index in [1.54, 1.807) is 6.07 Å². The molecule has 2 aromatic rings. The van der Waals surface area contributed by atoms with E-state index in [0.717, 1.165) is 41.5 Å². The SMILES string of the molecule is CCc1ccc(Cc2cc(C3OC(CO)CC(O)C3O)cc3c2CCC3)cc1F. The lowest BCUT2D eigenvalue weighted by Gasteiger charge is -2.37. The van der Waals surface area contributed by atoms with Crippen molar-refractivity contribution in [2.75, 3.05) is 6.61 Å². The first-order chi connectivity index (χ1) is 14.0. The van der Waals surface area contributed by atoms with Crippen molar-refractivity contribution in [1.29, 1.82) is 0 Å². The highest BCUT2D eigenvalue weighted by Gasteiger charge is 2.38. The zero-order valence-corrected chi connectivity index (χ0v) is 16.8. The number of aliphatic hydroxyl groups excluding tert-OH is 3. The molecule has 5 heteroatoms. The lowest BCUT2D eigenvalue weighted by molar-refractivity contribution is -0.179. The Labute approximate surface area is 171 Å². The van der Waals surface area contributed by atoms with Crippen molar-refractivity contribution in [3.05, 3.63) is 69.5 Å².